The molecule has 6 heteroatoms. The number of aliphatic hydroxyl groups is 1. The summed E-state index contributed by atoms with van der Waals surface area (Å²) in [4.78, 5) is 11.7. The Morgan fingerprint density at radius 3 is 2.56 bits per heavy atom. The third-order valence-corrected chi connectivity index (χ3v) is 4.05. The summed E-state index contributed by atoms with van der Waals surface area (Å²) in [5, 5.41) is 20.2. The molecule has 3 unspecified atom stereocenters. The minimum atomic E-state index is -1.06. The van der Waals surface area contributed by atoms with E-state index in [1.54, 1.807) is 25.3 Å². The third-order valence-electron chi connectivity index (χ3n) is 2.14. The number of aliphatic hydroxyl groups excluding tert-OH is 1. The van der Waals surface area contributed by atoms with Gasteiger partial charge in [0.25, 0.3) is 0 Å². The molecule has 1 aromatic rings. The lowest BCUT2D eigenvalue weighted by atomic mass is 10.2. The average Bonchev–Trinajstić information content (AvgIpc) is 2.59. The van der Waals surface area contributed by atoms with Crippen LogP contribution < -0.4 is 0 Å². The van der Waals surface area contributed by atoms with Crippen LogP contribution in [0.4, 0.5) is 0 Å². The highest BCUT2D eigenvalue weighted by molar-refractivity contribution is 9.10. The quantitative estimate of drug-likeness (QED) is 0.876. The summed E-state index contributed by atoms with van der Waals surface area (Å²) in [7, 11) is 0. The largest absolute Gasteiger partial charge is 0.479 e. The van der Waals surface area contributed by atoms with E-state index in [9.17, 15) is 9.90 Å². The predicted molar refractivity (Wildman–Crippen MR) is 64.6 cm³/mol. The zero-order valence-corrected chi connectivity index (χ0v) is 11.3. The van der Waals surface area contributed by atoms with Crippen molar-refractivity contribution in [3.8, 4) is 0 Å². The molecule has 0 fully saturated rings. The molecule has 16 heavy (non-hydrogen) atoms. The molecule has 3 atom stereocenters. The highest BCUT2D eigenvalue weighted by Gasteiger charge is 2.27. The number of aliphatic carboxylic acids is 1. The monoisotopic (exact) mass is 308 g/mol. The van der Waals surface area contributed by atoms with Gasteiger partial charge in [-0.05, 0) is 41.2 Å². The molecule has 0 radical (unpaired) electrons. The summed E-state index contributed by atoms with van der Waals surface area (Å²) >= 11 is 4.57. The second kappa shape index (κ2) is 5.77. The van der Waals surface area contributed by atoms with E-state index in [0.29, 0.717) is 9.35 Å². The van der Waals surface area contributed by atoms with Gasteiger partial charge >= 0.3 is 5.97 Å². The summed E-state index contributed by atoms with van der Waals surface area (Å²) in [5.41, 5.74) is 0. The minimum Gasteiger partial charge on any atom is -0.479 e. The van der Waals surface area contributed by atoms with E-state index in [0.717, 1.165) is 0 Å². The first-order valence-electron chi connectivity index (χ1n) is 4.72. The van der Waals surface area contributed by atoms with Gasteiger partial charge in [-0.3, -0.25) is 0 Å². The van der Waals surface area contributed by atoms with Crippen molar-refractivity contribution in [3.63, 3.8) is 0 Å². The van der Waals surface area contributed by atoms with Crippen molar-refractivity contribution in [1.82, 2.24) is 0 Å². The molecule has 0 spiro atoms. The fourth-order valence-electron chi connectivity index (χ4n) is 1.05. The lowest BCUT2D eigenvalue weighted by Crippen LogP contribution is -2.28. The van der Waals surface area contributed by atoms with E-state index in [4.69, 9.17) is 9.84 Å². The highest BCUT2D eigenvalue weighted by atomic mass is 79.9. The maximum atomic E-state index is 11.1. The van der Waals surface area contributed by atoms with Crippen LogP contribution in [-0.2, 0) is 9.53 Å². The van der Waals surface area contributed by atoms with Crippen LogP contribution in [0.1, 0.15) is 24.8 Å². The molecule has 0 bridgehead atoms. The van der Waals surface area contributed by atoms with Crippen molar-refractivity contribution in [1.29, 1.82) is 0 Å². The second-order valence-electron chi connectivity index (χ2n) is 3.43. The van der Waals surface area contributed by atoms with Gasteiger partial charge in [0, 0.05) is 4.47 Å². The molecule has 4 nitrogen and oxygen atoms in total. The van der Waals surface area contributed by atoms with Gasteiger partial charge in [0.1, 0.15) is 0 Å². The molecule has 0 aliphatic rings. The number of halogens is 1. The molecule has 0 amide bonds. The summed E-state index contributed by atoms with van der Waals surface area (Å²) in [6.07, 6.45) is -2.28. The van der Waals surface area contributed by atoms with Crippen LogP contribution >= 0.6 is 27.3 Å². The molecule has 1 rings (SSSR count). The number of thiophene rings is 1. The van der Waals surface area contributed by atoms with Crippen molar-refractivity contribution < 1.29 is 19.7 Å². The standard InChI is InChI=1S/C10H13BrO4S/c1-5(12)6(2)15-8(10(13)14)9-7(11)3-4-16-9/h3-6,8,12H,1-2H3,(H,13,14). The van der Waals surface area contributed by atoms with Gasteiger partial charge in [-0.15, -0.1) is 11.3 Å². The van der Waals surface area contributed by atoms with Crippen LogP contribution in [0.25, 0.3) is 0 Å². The highest BCUT2D eigenvalue weighted by Crippen LogP contribution is 2.32. The van der Waals surface area contributed by atoms with Crippen LogP contribution in [0, 0.1) is 0 Å². The number of ether oxygens (including phenoxy) is 1. The number of hydrogen-bond donors (Lipinski definition) is 2. The van der Waals surface area contributed by atoms with Crippen molar-refractivity contribution >= 4 is 33.2 Å². The number of carboxylic acids is 1. The molecule has 1 heterocycles. The Bertz CT molecular complexity index is 363. The molecule has 0 saturated carbocycles. The third kappa shape index (κ3) is 3.28. The predicted octanol–water partition coefficient (Wildman–Crippen LogP) is 2.42. The first-order chi connectivity index (χ1) is 7.43. The maximum Gasteiger partial charge on any atom is 0.338 e. The van der Waals surface area contributed by atoms with Crippen molar-refractivity contribution in [2.24, 2.45) is 0 Å². The number of carbonyl (C=O) groups is 1. The Hall–Kier alpha value is -0.430. The molecule has 0 aromatic carbocycles. The molecular weight excluding hydrogens is 296 g/mol. The fourth-order valence-corrected chi connectivity index (χ4v) is 2.66. The van der Waals surface area contributed by atoms with E-state index >= 15 is 0 Å². The SMILES string of the molecule is CC(O)C(C)OC(C(=O)O)c1sccc1Br. The van der Waals surface area contributed by atoms with E-state index < -0.39 is 24.3 Å². The molecule has 90 valence electrons. The summed E-state index contributed by atoms with van der Waals surface area (Å²) in [6, 6.07) is 1.77. The molecule has 0 aliphatic heterocycles. The molecule has 0 saturated heterocycles. The van der Waals surface area contributed by atoms with Crippen molar-refractivity contribution in [2.75, 3.05) is 0 Å². The van der Waals surface area contributed by atoms with Crippen LogP contribution in [-0.4, -0.2) is 28.4 Å². The van der Waals surface area contributed by atoms with E-state index in [-0.39, 0.29) is 0 Å². The number of rotatable bonds is 5. The van der Waals surface area contributed by atoms with Gasteiger partial charge in [0.2, 0.25) is 0 Å². The lowest BCUT2D eigenvalue weighted by molar-refractivity contribution is -0.158. The molecule has 0 aliphatic carbocycles. The van der Waals surface area contributed by atoms with Crippen molar-refractivity contribution in [3.05, 3.63) is 20.8 Å². The summed E-state index contributed by atoms with van der Waals surface area (Å²) < 4.78 is 6.04. The van der Waals surface area contributed by atoms with Gasteiger partial charge in [-0.2, -0.15) is 0 Å². The Morgan fingerprint density at radius 2 is 2.19 bits per heavy atom. The lowest BCUT2D eigenvalue weighted by Gasteiger charge is -2.20. The first-order valence-corrected chi connectivity index (χ1v) is 6.40. The van der Waals surface area contributed by atoms with Gasteiger partial charge < -0.3 is 14.9 Å². The van der Waals surface area contributed by atoms with Gasteiger partial charge in [0.15, 0.2) is 6.10 Å². The van der Waals surface area contributed by atoms with Crippen LogP contribution in [0.3, 0.4) is 0 Å². The van der Waals surface area contributed by atoms with E-state index in [1.807, 2.05) is 0 Å². The Labute approximate surface area is 106 Å². The van der Waals surface area contributed by atoms with Crippen molar-refractivity contribution in [2.45, 2.75) is 32.2 Å². The normalized spacial score (nSPS) is 16.8. The van der Waals surface area contributed by atoms with E-state index in [2.05, 4.69) is 15.9 Å². The summed E-state index contributed by atoms with van der Waals surface area (Å²) in [6.45, 7) is 3.20. The minimum absolute atomic E-state index is 0.532. The Balaban J connectivity index is 2.85. The van der Waals surface area contributed by atoms with Gasteiger partial charge in [-0.1, -0.05) is 0 Å². The topological polar surface area (TPSA) is 66.8 Å². The number of carboxylic acid groups (broad SMARTS) is 1. The molecule has 2 N–H and O–H groups in total. The van der Waals surface area contributed by atoms with Crippen LogP contribution in [0.5, 0.6) is 0 Å². The second-order valence-corrected chi connectivity index (χ2v) is 5.23. The fraction of sp³-hybridized carbons (Fsp3) is 0.500. The zero-order chi connectivity index (χ0) is 12.3. The Morgan fingerprint density at radius 1 is 1.56 bits per heavy atom. The van der Waals surface area contributed by atoms with Gasteiger partial charge in [0.05, 0.1) is 17.1 Å². The summed E-state index contributed by atoms with van der Waals surface area (Å²) in [5.74, 6) is -1.06. The van der Waals surface area contributed by atoms with Gasteiger partial charge in [-0.25, -0.2) is 4.79 Å². The zero-order valence-electron chi connectivity index (χ0n) is 8.88. The average molecular weight is 309 g/mol. The van der Waals surface area contributed by atoms with E-state index in [1.165, 1.54) is 11.3 Å². The van der Waals surface area contributed by atoms with Crippen LogP contribution in [0.15, 0.2) is 15.9 Å². The molecular formula is C10H13BrO4S. The van der Waals surface area contributed by atoms with Crippen LogP contribution in [0.2, 0.25) is 0 Å². The molecule has 1 aromatic heterocycles. The smallest absolute Gasteiger partial charge is 0.338 e. The first kappa shape index (κ1) is 13.6. The Kier molecular flexibility index (Phi) is 4.91. The number of hydrogen-bond acceptors (Lipinski definition) is 4. The maximum absolute atomic E-state index is 11.1.